The number of likely N-dealkylation sites (tertiary alicyclic amines) is 1. The van der Waals surface area contributed by atoms with Crippen molar-refractivity contribution in [3.05, 3.63) is 29.8 Å². The average molecular weight is 312 g/mol. The predicted octanol–water partition coefficient (Wildman–Crippen LogP) is 1.04. The van der Waals surface area contributed by atoms with E-state index < -0.39 is 6.04 Å². The number of carbonyl (C=O) groups is 3. The molecule has 114 valence electrons. The molecule has 3 amide bonds. The van der Waals surface area contributed by atoms with E-state index >= 15 is 0 Å². The number of hydrogen-bond donors (Lipinski definition) is 2. The molecule has 1 aromatic carbocycles. The molecule has 1 aliphatic rings. The smallest absolute Gasteiger partial charge is 0.240 e. The molecular weight excluding hydrogens is 294 g/mol. The van der Waals surface area contributed by atoms with E-state index in [1.54, 1.807) is 31.2 Å². The standard InChI is InChI=1S/C14H17N3O3.ClH/c1-9(15)14(20)16-11-4-2-10(3-5-11)8-17-12(18)6-7-13(17)19;/h2-5,9H,6-8,15H2,1H3,(H,16,20);1H/t9-;/m1./s1. The zero-order valence-electron chi connectivity index (χ0n) is 11.7. The highest BCUT2D eigenvalue weighted by atomic mass is 35.5. The number of nitrogens with zero attached hydrogens (tertiary/aromatic N) is 1. The van der Waals surface area contributed by atoms with Crippen LogP contribution in [0.4, 0.5) is 5.69 Å². The van der Waals surface area contributed by atoms with Crippen LogP contribution < -0.4 is 11.1 Å². The minimum atomic E-state index is -0.575. The van der Waals surface area contributed by atoms with Crippen LogP contribution in [0, 0.1) is 0 Å². The molecule has 2 rings (SSSR count). The Hall–Kier alpha value is -1.92. The molecule has 0 saturated carbocycles. The number of carbonyl (C=O) groups excluding carboxylic acids is 3. The van der Waals surface area contributed by atoms with Gasteiger partial charge in [0.2, 0.25) is 17.7 Å². The Labute approximate surface area is 129 Å². The zero-order valence-corrected chi connectivity index (χ0v) is 12.5. The number of nitrogens with one attached hydrogen (secondary N) is 1. The van der Waals surface area contributed by atoms with Gasteiger partial charge in [-0.05, 0) is 24.6 Å². The molecule has 1 heterocycles. The molecule has 0 aromatic heterocycles. The van der Waals surface area contributed by atoms with Crippen molar-refractivity contribution in [1.29, 1.82) is 0 Å². The lowest BCUT2D eigenvalue weighted by Gasteiger charge is -2.14. The van der Waals surface area contributed by atoms with Crippen LogP contribution in [-0.4, -0.2) is 28.7 Å². The van der Waals surface area contributed by atoms with Crippen molar-refractivity contribution in [3.8, 4) is 0 Å². The lowest BCUT2D eigenvalue weighted by molar-refractivity contribution is -0.139. The topological polar surface area (TPSA) is 92.5 Å². The molecule has 1 fully saturated rings. The van der Waals surface area contributed by atoms with Gasteiger partial charge in [-0.2, -0.15) is 0 Å². The third-order valence-electron chi connectivity index (χ3n) is 3.13. The van der Waals surface area contributed by atoms with E-state index in [9.17, 15) is 14.4 Å². The first-order valence-electron chi connectivity index (χ1n) is 6.46. The fraction of sp³-hybridized carbons (Fsp3) is 0.357. The quantitative estimate of drug-likeness (QED) is 0.813. The fourth-order valence-electron chi connectivity index (χ4n) is 1.93. The Kier molecular flexibility index (Phi) is 5.87. The Morgan fingerprint density at radius 3 is 2.24 bits per heavy atom. The highest BCUT2D eigenvalue weighted by molar-refractivity contribution is 6.01. The van der Waals surface area contributed by atoms with E-state index in [0.29, 0.717) is 18.5 Å². The maximum Gasteiger partial charge on any atom is 0.240 e. The summed E-state index contributed by atoms with van der Waals surface area (Å²) in [6.07, 6.45) is 0.586. The monoisotopic (exact) mass is 311 g/mol. The number of halogens is 1. The van der Waals surface area contributed by atoms with Gasteiger partial charge >= 0.3 is 0 Å². The summed E-state index contributed by atoms with van der Waals surface area (Å²) >= 11 is 0. The lowest BCUT2D eigenvalue weighted by atomic mass is 10.2. The highest BCUT2D eigenvalue weighted by Gasteiger charge is 2.28. The van der Waals surface area contributed by atoms with E-state index in [1.807, 2.05) is 0 Å². The minimum Gasteiger partial charge on any atom is -0.325 e. The first-order chi connectivity index (χ1) is 9.47. The van der Waals surface area contributed by atoms with Crippen LogP contribution in [-0.2, 0) is 20.9 Å². The van der Waals surface area contributed by atoms with Gasteiger partial charge in [0.05, 0.1) is 12.6 Å². The number of benzene rings is 1. The van der Waals surface area contributed by atoms with Gasteiger partial charge in [-0.3, -0.25) is 19.3 Å². The second-order valence-corrected chi connectivity index (χ2v) is 4.85. The van der Waals surface area contributed by atoms with Crippen LogP contribution in [0.15, 0.2) is 24.3 Å². The molecule has 1 aliphatic heterocycles. The summed E-state index contributed by atoms with van der Waals surface area (Å²) in [5, 5.41) is 2.67. The first-order valence-corrected chi connectivity index (χ1v) is 6.46. The Balaban J connectivity index is 0.00000220. The van der Waals surface area contributed by atoms with E-state index in [2.05, 4.69) is 5.32 Å². The molecule has 21 heavy (non-hydrogen) atoms. The van der Waals surface area contributed by atoms with Gasteiger partial charge in [0.1, 0.15) is 0 Å². The third-order valence-corrected chi connectivity index (χ3v) is 3.13. The van der Waals surface area contributed by atoms with Crippen LogP contribution in [0.2, 0.25) is 0 Å². The van der Waals surface area contributed by atoms with Gasteiger partial charge in [0.15, 0.2) is 0 Å². The second kappa shape index (κ2) is 7.19. The van der Waals surface area contributed by atoms with E-state index in [-0.39, 0.29) is 36.7 Å². The molecule has 6 nitrogen and oxygen atoms in total. The van der Waals surface area contributed by atoms with Gasteiger partial charge in [0.25, 0.3) is 0 Å². The molecule has 0 aliphatic carbocycles. The highest BCUT2D eigenvalue weighted by Crippen LogP contribution is 2.17. The molecular formula is C14H18ClN3O3. The van der Waals surface area contributed by atoms with Gasteiger partial charge in [-0.25, -0.2) is 0 Å². The third kappa shape index (κ3) is 4.27. The normalized spacial score (nSPS) is 15.6. The maximum absolute atomic E-state index is 11.5. The van der Waals surface area contributed by atoms with Crippen molar-refractivity contribution in [3.63, 3.8) is 0 Å². The van der Waals surface area contributed by atoms with Crippen LogP contribution in [0.25, 0.3) is 0 Å². The molecule has 0 bridgehead atoms. The van der Waals surface area contributed by atoms with E-state index in [0.717, 1.165) is 5.56 Å². The molecule has 1 aromatic rings. The Morgan fingerprint density at radius 2 is 1.76 bits per heavy atom. The summed E-state index contributed by atoms with van der Waals surface area (Å²) in [6, 6.07) is 6.42. The number of nitrogens with two attached hydrogens (primary N) is 1. The molecule has 1 saturated heterocycles. The number of rotatable bonds is 4. The van der Waals surface area contributed by atoms with Crippen LogP contribution in [0.5, 0.6) is 0 Å². The van der Waals surface area contributed by atoms with Crippen molar-refractivity contribution in [2.24, 2.45) is 5.73 Å². The van der Waals surface area contributed by atoms with Gasteiger partial charge < -0.3 is 11.1 Å². The minimum absolute atomic E-state index is 0. The van der Waals surface area contributed by atoms with Crippen LogP contribution in [0.3, 0.4) is 0 Å². The second-order valence-electron chi connectivity index (χ2n) is 4.85. The summed E-state index contributed by atoms with van der Waals surface area (Å²) < 4.78 is 0. The van der Waals surface area contributed by atoms with E-state index in [1.165, 1.54) is 4.90 Å². The molecule has 0 spiro atoms. The maximum atomic E-state index is 11.5. The largest absolute Gasteiger partial charge is 0.325 e. The number of anilines is 1. The summed E-state index contributed by atoms with van der Waals surface area (Å²) in [6.45, 7) is 1.88. The number of amides is 3. The SMILES string of the molecule is C[C@@H](N)C(=O)Nc1ccc(CN2C(=O)CCC2=O)cc1.Cl. The van der Waals surface area contributed by atoms with Crippen molar-refractivity contribution >= 4 is 35.8 Å². The van der Waals surface area contributed by atoms with Crippen LogP contribution >= 0.6 is 12.4 Å². The molecule has 7 heteroatoms. The summed E-state index contributed by atoms with van der Waals surface area (Å²) in [5.41, 5.74) is 6.93. The Morgan fingerprint density at radius 1 is 1.24 bits per heavy atom. The molecule has 1 atom stereocenters. The molecule has 0 unspecified atom stereocenters. The number of imide groups is 1. The zero-order chi connectivity index (χ0) is 14.7. The first kappa shape index (κ1) is 17.1. The summed E-state index contributed by atoms with van der Waals surface area (Å²) in [4.78, 5) is 35.7. The van der Waals surface area contributed by atoms with Gasteiger partial charge in [-0.15, -0.1) is 12.4 Å². The van der Waals surface area contributed by atoms with Crippen LogP contribution in [0.1, 0.15) is 25.3 Å². The molecule has 3 N–H and O–H groups in total. The van der Waals surface area contributed by atoms with Crippen molar-refractivity contribution < 1.29 is 14.4 Å². The fourth-order valence-corrected chi connectivity index (χ4v) is 1.93. The Bertz CT molecular complexity index is 527. The lowest BCUT2D eigenvalue weighted by Crippen LogP contribution is -2.32. The average Bonchev–Trinajstić information content (AvgIpc) is 2.72. The van der Waals surface area contributed by atoms with Crippen molar-refractivity contribution in [1.82, 2.24) is 4.90 Å². The molecule has 0 radical (unpaired) electrons. The summed E-state index contributed by atoms with van der Waals surface area (Å²) in [7, 11) is 0. The number of hydrogen-bond acceptors (Lipinski definition) is 4. The van der Waals surface area contributed by atoms with Gasteiger partial charge in [0, 0.05) is 18.5 Å². The summed E-state index contributed by atoms with van der Waals surface area (Å²) in [5.74, 6) is -0.531. The predicted molar refractivity (Wildman–Crippen MR) is 80.8 cm³/mol. The van der Waals surface area contributed by atoms with E-state index in [4.69, 9.17) is 5.73 Å². The van der Waals surface area contributed by atoms with Gasteiger partial charge in [-0.1, -0.05) is 12.1 Å². The van der Waals surface area contributed by atoms with Crippen molar-refractivity contribution in [2.75, 3.05) is 5.32 Å². The van der Waals surface area contributed by atoms with Crippen molar-refractivity contribution in [2.45, 2.75) is 32.4 Å².